The van der Waals surface area contributed by atoms with Gasteiger partial charge in [0.05, 0.1) is 5.69 Å². The van der Waals surface area contributed by atoms with Gasteiger partial charge >= 0.3 is 0 Å². The van der Waals surface area contributed by atoms with Gasteiger partial charge in [-0.3, -0.25) is 0 Å². The number of hydrogen-bond donors (Lipinski definition) is 1. The van der Waals surface area contributed by atoms with E-state index in [1.165, 1.54) is 17.2 Å². The first-order valence-electron chi connectivity index (χ1n) is 7.44. The Labute approximate surface area is 126 Å². The number of para-hydroxylation sites is 1. The highest BCUT2D eigenvalue weighted by atomic mass is 19.1. The van der Waals surface area contributed by atoms with E-state index in [4.69, 9.17) is 5.73 Å². The molecule has 2 aromatic carbocycles. The highest BCUT2D eigenvalue weighted by Gasteiger charge is 2.10. The number of rotatable bonds is 6. The molecule has 0 radical (unpaired) electrons. The molecule has 0 bridgehead atoms. The fraction of sp³-hybridized carbons (Fsp3) is 0.333. The molecule has 0 aliphatic carbocycles. The van der Waals surface area contributed by atoms with Gasteiger partial charge in [-0.15, -0.1) is 0 Å². The van der Waals surface area contributed by atoms with E-state index in [-0.39, 0.29) is 5.82 Å². The molecule has 0 aliphatic heterocycles. The molecule has 1 atom stereocenters. The first-order valence-corrected chi connectivity index (χ1v) is 7.44. The maximum atomic E-state index is 13.9. The van der Waals surface area contributed by atoms with E-state index in [0.29, 0.717) is 24.7 Å². The van der Waals surface area contributed by atoms with Crippen LogP contribution in [0.1, 0.15) is 30.9 Å². The number of anilines is 1. The van der Waals surface area contributed by atoms with Crippen LogP contribution in [0.15, 0.2) is 48.5 Å². The zero-order valence-corrected chi connectivity index (χ0v) is 12.7. The Kier molecular flexibility index (Phi) is 5.34. The molecular formula is C18H23FN2. The summed E-state index contributed by atoms with van der Waals surface area (Å²) in [4.78, 5) is 2.04. The minimum Gasteiger partial charge on any atom is -0.365 e. The Morgan fingerprint density at radius 1 is 1.10 bits per heavy atom. The number of nitrogens with zero attached hydrogens (tertiary/aromatic N) is 1. The molecule has 21 heavy (non-hydrogen) atoms. The van der Waals surface area contributed by atoms with Crippen molar-refractivity contribution in [2.24, 2.45) is 5.73 Å². The topological polar surface area (TPSA) is 29.3 Å². The van der Waals surface area contributed by atoms with Gasteiger partial charge in [0.2, 0.25) is 0 Å². The third kappa shape index (κ3) is 3.82. The van der Waals surface area contributed by atoms with Crippen molar-refractivity contribution < 1.29 is 4.39 Å². The molecule has 2 N–H and O–H groups in total. The van der Waals surface area contributed by atoms with Gasteiger partial charge in [-0.05, 0) is 42.6 Å². The van der Waals surface area contributed by atoms with Crippen molar-refractivity contribution in [3.63, 3.8) is 0 Å². The average Bonchev–Trinajstić information content (AvgIpc) is 2.53. The van der Waals surface area contributed by atoms with Crippen LogP contribution in [0.3, 0.4) is 0 Å². The largest absolute Gasteiger partial charge is 0.365 e. The van der Waals surface area contributed by atoms with Gasteiger partial charge in [0.1, 0.15) is 5.82 Å². The summed E-state index contributed by atoms with van der Waals surface area (Å²) in [6.07, 6.45) is 0. The molecule has 0 fully saturated rings. The smallest absolute Gasteiger partial charge is 0.146 e. The van der Waals surface area contributed by atoms with Crippen molar-refractivity contribution >= 4 is 5.69 Å². The Morgan fingerprint density at radius 2 is 1.76 bits per heavy atom. The van der Waals surface area contributed by atoms with Crippen LogP contribution >= 0.6 is 0 Å². The van der Waals surface area contributed by atoms with Crippen LogP contribution in [0.4, 0.5) is 10.1 Å². The maximum Gasteiger partial charge on any atom is 0.146 e. The van der Waals surface area contributed by atoms with E-state index >= 15 is 0 Å². The molecular weight excluding hydrogens is 263 g/mol. The summed E-state index contributed by atoms with van der Waals surface area (Å²) >= 11 is 0. The average molecular weight is 286 g/mol. The molecule has 1 unspecified atom stereocenters. The monoisotopic (exact) mass is 286 g/mol. The molecule has 0 amide bonds. The number of nitrogens with two attached hydrogens (primary N) is 1. The van der Waals surface area contributed by atoms with Gasteiger partial charge in [-0.2, -0.15) is 0 Å². The van der Waals surface area contributed by atoms with Gasteiger partial charge in [0.25, 0.3) is 0 Å². The molecule has 112 valence electrons. The minimum absolute atomic E-state index is 0.173. The summed E-state index contributed by atoms with van der Waals surface area (Å²) < 4.78 is 13.9. The second-order valence-electron chi connectivity index (χ2n) is 5.34. The Balaban J connectivity index is 2.14. The lowest BCUT2D eigenvalue weighted by Crippen LogP contribution is -2.23. The highest BCUT2D eigenvalue weighted by molar-refractivity contribution is 5.48. The molecule has 0 spiro atoms. The lowest BCUT2D eigenvalue weighted by molar-refractivity contribution is 0.618. The van der Waals surface area contributed by atoms with E-state index in [1.807, 2.05) is 24.0 Å². The fourth-order valence-electron chi connectivity index (χ4n) is 2.38. The van der Waals surface area contributed by atoms with Crippen LogP contribution in [0, 0.1) is 5.82 Å². The molecule has 0 saturated heterocycles. The Bertz CT molecular complexity index is 566. The van der Waals surface area contributed by atoms with Crippen molar-refractivity contribution in [3.05, 3.63) is 65.5 Å². The van der Waals surface area contributed by atoms with Crippen LogP contribution in [0.2, 0.25) is 0 Å². The van der Waals surface area contributed by atoms with Gasteiger partial charge < -0.3 is 10.6 Å². The van der Waals surface area contributed by atoms with E-state index < -0.39 is 0 Å². The normalized spacial score (nSPS) is 12.2. The molecule has 2 aromatic rings. The summed E-state index contributed by atoms with van der Waals surface area (Å²) in [5.74, 6) is 0.195. The van der Waals surface area contributed by atoms with Gasteiger partial charge in [-0.1, -0.05) is 43.3 Å². The summed E-state index contributed by atoms with van der Waals surface area (Å²) in [6.45, 7) is 6.27. The van der Waals surface area contributed by atoms with E-state index in [9.17, 15) is 4.39 Å². The second-order valence-corrected chi connectivity index (χ2v) is 5.34. The minimum atomic E-state index is -0.173. The van der Waals surface area contributed by atoms with Crippen molar-refractivity contribution in [2.75, 3.05) is 18.0 Å². The molecule has 0 heterocycles. The predicted molar refractivity (Wildman–Crippen MR) is 87.0 cm³/mol. The molecule has 2 nitrogen and oxygen atoms in total. The number of halogens is 1. The molecule has 2 rings (SSSR count). The summed E-state index contributed by atoms with van der Waals surface area (Å²) in [5.41, 5.74) is 8.76. The standard InChI is InChI=1S/C18H23FN2/c1-3-21(18-7-5-4-6-17(18)19)13-15-8-10-16(11-9-15)14(2)12-20/h4-11,14H,3,12-13,20H2,1-2H3. The van der Waals surface area contributed by atoms with Crippen molar-refractivity contribution in [3.8, 4) is 0 Å². The molecule has 3 heteroatoms. The van der Waals surface area contributed by atoms with Crippen LogP contribution in [0.25, 0.3) is 0 Å². The number of benzene rings is 2. The first kappa shape index (κ1) is 15.5. The Hall–Kier alpha value is -1.87. The van der Waals surface area contributed by atoms with Gasteiger partial charge in [0.15, 0.2) is 0 Å². The molecule has 0 aromatic heterocycles. The van der Waals surface area contributed by atoms with Gasteiger partial charge in [0, 0.05) is 13.1 Å². The zero-order chi connectivity index (χ0) is 15.2. The zero-order valence-electron chi connectivity index (χ0n) is 12.7. The number of hydrogen-bond acceptors (Lipinski definition) is 2. The lowest BCUT2D eigenvalue weighted by Gasteiger charge is -2.24. The van der Waals surface area contributed by atoms with E-state index in [0.717, 1.165) is 6.54 Å². The van der Waals surface area contributed by atoms with Crippen LogP contribution < -0.4 is 10.6 Å². The Morgan fingerprint density at radius 3 is 2.33 bits per heavy atom. The third-order valence-electron chi connectivity index (χ3n) is 3.85. The van der Waals surface area contributed by atoms with Crippen LogP contribution in [-0.2, 0) is 6.54 Å². The van der Waals surface area contributed by atoms with Gasteiger partial charge in [-0.25, -0.2) is 4.39 Å². The van der Waals surface area contributed by atoms with E-state index in [2.05, 4.69) is 31.2 Å². The quantitative estimate of drug-likeness (QED) is 0.872. The molecule has 0 saturated carbocycles. The van der Waals surface area contributed by atoms with Crippen molar-refractivity contribution in [2.45, 2.75) is 26.3 Å². The first-order chi connectivity index (χ1) is 10.2. The summed E-state index contributed by atoms with van der Waals surface area (Å²) in [7, 11) is 0. The van der Waals surface area contributed by atoms with Crippen LogP contribution in [-0.4, -0.2) is 13.1 Å². The van der Waals surface area contributed by atoms with Crippen LogP contribution in [0.5, 0.6) is 0 Å². The second kappa shape index (κ2) is 7.23. The summed E-state index contributed by atoms with van der Waals surface area (Å²) in [6, 6.07) is 15.3. The van der Waals surface area contributed by atoms with Crippen molar-refractivity contribution in [1.29, 1.82) is 0 Å². The summed E-state index contributed by atoms with van der Waals surface area (Å²) in [5, 5.41) is 0. The SMILES string of the molecule is CCN(Cc1ccc(C(C)CN)cc1)c1ccccc1F. The molecule has 0 aliphatic rings. The maximum absolute atomic E-state index is 13.9. The lowest BCUT2D eigenvalue weighted by atomic mass is 10.00. The van der Waals surface area contributed by atoms with Crippen molar-refractivity contribution in [1.82, 2.24) is 0 Å². The third-order valence-corrected chi connectivity index (χ3v) is 3.85. The van der Waals surface area contributed by atoms with E-state index in [1.54, 1.807) is 6.07 Å². The fourth-order valence-corrected chi connectivity index (χ4v) is 2.38. The predicted octanol–water partition coefficient (Wildman–Crippen LogP) is 3.91. The highest BCUT2D eigenvalue weighted by Crippen LogP contribution is 2.21.